The number of esters is 4. The molecule has 0 saturated heterocycles. The van der Waals surface area contributed by atoms with E-state index in [-0.39, 0.29) is 44.4 Å². The largest absolute Gasteiger partial charge is 0.466 e. The average Bonchev–Trinajstić information content (AvgIpc) is 2.58. The zero-order valence-corrected chi connectivity index (χ0v) is 17.2. The number of carbonyl (C=O) groups excluding carboxylic acids is 4. The molecular formula is C16H26O8S2. The van der Waals surface area contributed by atoms with Gasteiger partial charge in [-0.3, -0.25) is 14.4 Å². The molecule has 0 aliphatic rings. The van der Waals surface area contributed by atoms with Crippen molar-refractivity contribution in [1.29, 1.82) is 0 Å². The van der Waals surface area contributed by atoms with Crippen LogP contribution in [-0.4, -0.2) is 65.9 Å². The lowest BCUT2D eigenvalue weighted by Crippen LogP contribution is -2.39. The SMILES string of the molecule is CCOC(=O)CSC(CC(=O)OCC)(SCC(=O)OCC)C(=O)OCC. The fraction of sp³-hybridized carbons (Fsp3) is 0.750. The minimum absolute atomic E-state index is 0.0866. The number of rotatable bonds is 13. The van der Waals surface area contributed by atoms with E-state index in [1.807, 2.05) is 0 Å². The van der Waals surface area contributed by atoms with E-state index in [0.717, 1.165) is 23.5 Å². The molecule has 0 aromatic rings. The minimum Gasteiger partial charge on any atom is -0.466 e. The van der Waals surface area contributed by atoms with Crippen molar-refractivity contribution in [3.63, 3.8) is 0 Å². The van der Waals surface area contributed by atoms with Gasteiger partial charge >= 0.3 is 23.9 Å². The smallest absolute Gasteiger partial charge is 0.333 e. The Morgan fingerprint density at radius 3 is 1.42 bits per heavy atom. The van der Waals surface area contributed by atoms with E-state index >= 15 is 0 Å². The summed E-state index contributed by atoms with van der Waals surface area (Å²) >= 11 is 1.77. The summed E-state index contributed by atoms with van der Waals surface area (Å²) < 4.78 is 18.2. The van der Waals surface area contributed by atoms with Crippen LogP contribution in [0.1, 0.15) is 34.1 Å². The summed E-state index contributed by atoms with van der Waals surface area (Å²) in [4.78, 5) is 48.0. The number of thioether (sulfide) groups is 2. The van der Waals surface area contributed by atoms with E-state index in [0.29, 0.717) is 0 Å². The molecule has 0 aliphatic carbocycles. The molecule has 8 nitrogen and oxygen atoms in total. The Labute approximate surface area is 162 Å². The molecule has 0 N–H and O–H groups in total. The highest BCUT2D eigenvalue weighted by molar-refractivity contribution is 8.19. The van der Waals surface area contributed by atoms with Gasteiger partial charge in [0.05, 0.1) is 44.4 Å². The molecule has 0 heterocycles. The van der Waals surface area contributed by atoms with Crippen LogP contribution in [0.5, 0.6) is 0 Å². The molecule has 0 saturated carbocycles. The minimum atomic E-state index is -1.51. The quantitative estimate of drug-likeness (QED) is 0.253. The molecular weight excluding hydrogens is 384 g/mol. The second kappa shape index (κ2) is 13.7. The lowest BCUT2D eigenvalue weighted by atomic mass is 10.3. The first kappa shape index (κ1) is 24.6. The van der Waals surface area contributed by atoms with Crippen molar-refractivity contribution < 1.29 is 38.1 Å². The summed E-state index contributed by atoms with van der Waals surface area (Å²) in [6.07, 6.45) is -0.353. The van der Waals surface area contributed by atoms with Crippen molar-refractivity contribution in [2.75, 3.05) is 37.9 Å². The standard InChI is InChI=1S/C16H26O8S2/c1-5-21-12(17)9-16(15(20)24-8-4,25-10-13(18)22-6-2)26-11-14(19)23-7-3/h5-11H2,1-4H3. The lowest BCUT2D eigenvalue weighted by Gasteiger charge is -2.28. The van der Waals surface area contributed by atoms with Crippen molar-refractivity contribution in [1.82, 2.24) is 0 Å². The predicted molar refractivity (Wildman–Crippen MR) is 98.8 cm³/mol. The Morgan fingerprint density at radius 1 is 0.654 bits per heavy atom. The van der Waals surface area contributed by atoms with E-state index in [1.165, 1.54) is 0 Å². The van der Waals surface area contributed by atoms with E-state index in [2.05, 4.69) is 0 Å². The zero-order chi connectivity index (χ0) is 20.0. The first-order valence-corrected chi connectivity index (χ1v) is 10.2. The third kappa shape index (κ3) is 9.33. The van der Waals surface area contributed by atoms with Crippen LogP contribution in [0.15, 0.2) is 0 Å². The Balaban J connectivity index is 5.43. The summed E-state index contributed by atoms with van der Waals surface area (Å²) in [6.45, 7) is 7.20. The third-order valence-electron chi connectivity index (χ3n) is 2.73. The molecule has 150 valence electrons. The maximum atomic E-state index is 12.6. The van der Waals surface area contributed by atoms with Gasteiger partial charge in [0.15, 0.2) is 4.08 Å². The van der Waals surface area contributed by atoms with Crippen LogP contribution < -0.4 is 0 Å². The third-order valence-corrected chi connectivity index (χ3v) is 5.75. The molecule has 0 unspecified atom stereocenters. The van der Waals surface area contributed by atoms with Crippen LogP contribution >= 0.6 is 23.5 Å². The van der Waals surface area contributed by atoms with Gasteiger partial charge in [-0.2, -0.15) is 0 Å². The monoisotopic (exact) mass is 410 g/mol. The van der Waals surface area contributed by atoms with Gasteiger partial charge in [-0.05, 0) is 27.7 Å². The van der Waals surface area contributed by atoms with Crippen molar-refractivity contribution in [2.45, 2.75) is 38.2 Å². The maximum absolute atomic E-state index is 12.6. The zero-order valence-electron chi connectivity index (χ0n) is 15.5. The number of hydrogen-bond acceptors (Lipinski definition) is 10. The Morgan fingerprint density at radius 2 is 1.04 bits per heavy atom. The Hall–Kier alpha value is -1.42. The highest BCUT2D eigenvalue weighted by Gasteiger charge is 2.45. The van der Waals surface area contributed by atoms with Crippen molar-refractivity contribution >= 4 is 47.4 Å². The van der Waals surface area contributed by atoms with Gasteiger partial charge in [-0.1, -0.05) is 0 Å². The molecule has 0 rings (SSSR count). The molecule has 0 atom stereocenters. The van der Waals surface area contributed by atoms with Gasteiger partial charge in [0.25, 0.3) is 0 Å². The number of carbonyl (C=O) groups is 4. The fourth-order valence-corrected chi connectivity index (χ4v) is 4.08. The first-order chi connectivity index (χ1) is 12.3. The second-order valence-electron chi connectivity index (χ2n) is 4.64. The fourth-order valence-electron chi connectivity index (χ4n) is 1.73. The molecule has 0 aliphatic heterocycles. The van der Waals surface area contributed by atoms with Gasteiger partial charge in [-0.15, -0.1) is 23.5 Å². The highest BCUT2D eigenvalue weighted by atomic mass is 32.2. The highest BCUT2D eigenvalue weighted by Crippen LogP contribution is 2.42. The molecule has 26 heavy (non-hydrogen) atoms. The summed E-state index contributed by atoms with van der Waals surface area (Å²) in [7, 11) is 0. The second-order valence-corrected chi connectivity index (χ2v) is 7.45. The van der Waals surface area contributed by atoms with Crippen LogP contribution in [0.3, 0.4) is 0 Å². The van der Waals surface area contributed by atoms with Gasteiger partial charge in [0.1, 0.15) is 0 Å². The molecule has 0 amide bonds. The van der Waals surface area contributed by atoms with E-state index < -0.39 is 28.0 Å². The molecule has 10 heteroatoms. The molecule has 0 fully saturated rings. The maximum Gasteiger partial charge on any atom is 0.333 e. The summed E-state index contributed by atoms with van der Waals surface area (Å²) in [5.41, 5.74) is 0. The van der Waals surface area contributed by atoms with Gasteiger partial charge in [0.2, 0.25) is 0 Å². The van der Waals surface area contributed by atoms with E-state index in [4.69, 9.17) is 18.9 Å². The average molecular weight is 411 g/mol. The van der Waals surface area contributed by atoms with Gasteiger partial charge in [-0.25, -0.2) is 4.79 Å². The molecule has 0 radical (unpaired) electrons. The van der Waals surface area contributed by atoms with E-state index in [9.17, 15) is 19.2 Å². The number of hydrogen-bond donors (Lipinski definition) is 0. The molecule has 0 aromatic heterocycles. The molecule has 0 bridgehead atoms. The van der Waals surface area contributed by atoms with Crippen molar-refractivity contribution in [3.05, 3.63) is 0 Å². The predicted octanol–water partition coefficient (Wildman–Crippen LogP) is 1.79. The summed E-state index contributed by atoms with van der Waals surface area (Å²) in [5, 5.41) is 0. The van der Waals surface area contributed by atoms with Crippen LogP contribution in [0.4, 0.5) is 0 Å². The number of ether oxygens (including phenoxy) is 4. The van der Waals surface area contributed by atoms with Crippen molar-refractivity contribution in [2.24, 2.45) is 0 Å². The normalized spacial score (nSPS) is 10.8. The molecule has 0 spiro atoms. The summed E-state index contributed by atoms with van der Waals surface area (Å²) in [5.74, 6) is -2.77. The van der Waals surface area contributed by atoms with Crippen LogP contribution in [0, 0.1) is 0 Å². The van der Waals surface area contributed by atoms with Crippen LogP contribution in [0.25, 0.3) is 0 Å². The molecule has 0 aromatic carbocycles. The van der Waals surface area contributed by atoms with Gasteiger partial charge < -0.3 is 18.9 Å². The topological polar surface area (TPSA) is 105 Å². The Kier molecular flexibility index (Phi) is 13.0. The lowest BCUT2D eigenvalue weighted by molar-refractivity contribution is -0.150. The van der Waals surface area contributed by atoms with Gasteiger partial charge in [0, 0.05) is 0 Å². The van der Waals surface area contributed by atoms with Crippen LogP contribution in [-0.2, 0) is 38.1 Å². The summed E-state index contributed by atoms with van der Waals surface area (Å²) in [6, 6.07) is 0. The Bertz CT molecular complexity index is 459. The first-order valence-electron chi connectivity index (χ1n) is 8.27. The van der Waals surface area contributed by atoms with Crippen LogP contribution in [0.2, 0.25) is 0 Å². The van der Waals surface area contributed by atoms with Crippen molar-refractivity contribution in [3.8, 4) is 0 Å². The van der Waals surface area contributed by atoms with E-state index in [1.54, 1.807) is 27.7 Å².